The second-order valence-corrected chi connectivity index (χ2v) is 8.93. The van der Waals surface area contributed by atoms with Crippen LogP contribution in [0.1, 0.15) is 39.5 Å². The van der Waals surface area contributed by atoms with Crippen molar-refractivity contribution in [2.24, 2.45) is 11.8 Å². The van der Waals surface area contributed by atoms with Crippen LogP contribution < -0.4 is 4.74 Å². The Hall–Kier alpha value is -1.69. The van der Waals surface area contributed by atoms with Gasteiger partial charge in [-0.15, -0.1) is 11.8 Å². The largest absolute Gasteiger partial charge is 0.494 e. The number of likely N-dealkylation sites (tertiary alicyclic amines) is 2. The van der Waals surface area contributed by atoms with Gasteiger partial charge in [-0.3, -0.25) is 9.59 Å². The topological polar surface area (TPSA) is 49.9 Å². The van der Waals surface area contributed by atoms with Crippen molar-refractivity contribution < 1.29 is 14.3 Å². The van der Waals surface area contributed by atoms with Crippen LogP contribution in [0.4, 0.5) is 0 Å². The van der Waals surface area contributed by atoms with E-state index in [1.165, 1.54) is 6.42 Å². The fourth-order valence-electron chi connectivity index (χ4n) is 4.06. The molecule has 2 fully saturated rings. The summed E-state index contributed by atoms with van der Waals surface area (Å²) in [5.41, 5.74) is 0. The highest BCUT2D eigenvalue weighted by Crippen LogP contribution is 2.25. The van der Waals surface area contributed by atoms with Crippen LogP contribution in [-0.2, 0) is 9.59 Å². The smallest absolute Gasteiger partial charge is 0.232 e. The maximum Gasteiger partial charge on any atom is 0.232 e. The lowest BCUT2D eigenvalue weighted by molar-refractivity contribution is -0.141. The minimum absolute atomic E-state index is 0.0908. The highest BCUT2D eigenvalue weighted by molar-refractivity contribution is 8.00. The molecule has 6 heteroatoms. The molecule has 0 aromatic heterocycles. The fourth-order valence-corrected chi connectivity index (χ4v) is 4.86. The van der Waals surface area contributed by atoms with Crippen LogP contribution in [0, 0.1) is 11.8 Å². The average Bonchev–Trinajstić information content (AvgIpc) is 2.73. The molecule has 2 aliphatic heterocycles. The molecular formula is C22H32N2O3S. The van der Waals surface area contributed by atoms with Crippen molar-refractivity contribution in [3.63, 3.8) is 0 Å². The van der Waals surface area contributed by atoms with Crippen LogP contribution in [0.2, 0.25) is 0 Å². The van der Waals surface area contributed by atoms with E-state index in [4.69, 9.17) is 4.74 Å². The van der Waals surface area contributed by atoms with Crippen molar-refractivity contribution in [2.45, 2.75) is 44.4 Å². The molecule has 2 amide bonds. The summed E-state index contributed by atoms with van der Waals surface area (Å²) < 4.78 is 5.45. The van der Waals surface area contributed by atoms with Gasteiger partial charge < -0.3 is 14.5 Å². The van der Waals surface area contributed by atoms with Gasteiger partial charge in [0.15, 0.2) is 0 Å². The first-order valence-electron chi connectivity index (χ1n) is 10.5. The average molecular weight is 405 g/mol. The number of hydrogen-bond acceptors (Lipinski definition) is 4. The molecule has 2 heterocycles. The lowest BCUT2D eigenvalue weighted by Gasteiger charge is -2.37. The molecule has 3 rings (SSSR count). The molecule has 0 aliphatic carbocycles. The van der Waals surface area contributed by atoms with Gasteiger partial charge >= 0.3 is 0 Å². The van der Waals surface area contributed by atoms with Crippen LogP contribution >= 0.6 is 11.8 Å². The highest BCUT2D eigenvalue weighted by Gasteiger charge is 2.31. The third-order valence-corrected chi connectivity index (χ3v) is 6.66. The number of carbonyl (C=O) groups is 2. The van der Waals surface area contributed by atoms with Crippen molar-refractivity contribution in [2.75, 3.05) is 38.5 Å². The third-order valence-electron chi connectivity index (χ3n) is 5.66. The Morgan fingerprint density at radius 2 is 1.79 bits per heavy atom. The number of amides is 2. The highest BCUT2D eigenvalue weighted by atomic mass is 32.2. The quantitative estimate of drug-likeness (QED) is 0.679. The van der Waals surface area contributed by atoms with Crippen LogP contribution in [0.25, 0.3) is 0 Å². The van der Waals surface area contributed by atoms with E-state index < -0.39 is 0 Å². The molecule has 0 saturated carbocycles. The second-order valence-electron chi connectivity index (χ2n) is 7.88. The van der Waals surface area contributed by atoms with Crippen LogP contribution in [0.5, 0.6) is 5.75 Å². The first kappa shape index (κ1) is 21.0. The van der Waals surface area contributed by atoms with Gasteiger partial charge in [0.25, 0.3) is 0 Å². The summed E-state index contributed by atoms with van der Waals surface area (Å²) >= 11 is 1.56. The van der Waals surface area contributed by atoms with Crippen molar-refractivity contribution in [1.29, 1.82) is 0 Å². The Balaban J connectivity index is 1.41. The van der Waals surface area contributed by atoms with Gasteiger partial charge in [-0.05, 0) is 62.8 Å². The number of ether oxygens (including phenoxy) is 1. The number of hydrogen-bond donors (Lipinski definition) is 0. The molecular weight excluding hydrogens is 372 g/mol. The monoisotopic (exact) mass is 404 g/mol. The number of nitrogens with zero attached hydrogens (tertiary/aromatic N) is 2. The molecule has 0 spiro atoms. The number of benzene rings is 1. The first-order chi connectivity index (χ1) is 13.6. The van der Waals surface area contributed by atoms with Crippen molar-refractivity contribution in [3.8, 4) is 5.75 Å². The molecule has 2 saturated heterocycles. The van der Waals surface area contributed by atoms with E-state index in [2.05, 4.69) is 11.8 Å². The molecule has 1 aromatic rings. The van der Waals surface area contributed by atoms with E-state index in [0.29, 0.717) is 37.3 Å². The minimum Gasteiger partial charge on any atom is -0.494 e. The Labute approximate surface area is 172 Å². The van der Waals surface area contributed by atoms with Gasteiger partial charge in [-0.25, -0.2) is 0 Å². The molecule has 1 unspecified atom stereocenters. The zero-order valence-corrected chi connectivity index (χ0v) is 17.9. The molecule has 1 aromatic carbocycles. The summed E-state index contributed by atoms with van der Waals surface area (Å²) in [6.07, 6.45) is 3.93. The molecule has 5 nitrogen and oxygen atoms in total. The molecule has 28 heavy (non-hydrogen) atoms. The lowest BCUT2D eigenvalue weighted by atomic mass is 9.93. The minimum atomic E-state index is 0.0908. The lowest BCUT2D eigenvalue weighted by Crippen LogP contribution is -2.47. The maximum atomic E-state index is 12.8. The van der Waals surface area contributed by atoms with Gasteiger partial charge in [0.1, 0.15) is 5.75 Å². The first-order valence-corrected chi connectivity index (χ1v) is 11.5. The van der Waals surface area contributed by atoms with E-state index in [0.717, 1.165) is 43.0 Å². The molecule has 154 valence electrons. The Morgan fingerprint density at radius 1 is 1.07 bits per heavy atom. The normalized spacial score (nSPS) is 20.9. The second kappa shape index (κ2) is 10.2. The summed E-state index contributed by atoms with van der Waals surface area (Å²) in [5, 5.41) is 0. The Bertz CT molecular complexity index is 656. The van der Waals surface area contributed by atoms with Crippen molar-refractivity contribution in [3.05, 3.63) is 24.3 Å². The molecule has 0 N–H and O–H groups in total. The van der Waals surface area contributed by atoms with Gasteiger partial charge in [0.05, 0.1) is 12.4 Å². The zero-order chi connectivity index (χ0) is 19.9. The van der Waals surface area contributed by atoms with Crippen LogP contribution in [0.15, 0.2) is 29.2 Å². The summed E-state index contributed by atoms with van der Waals surface area (Å²) in [5.74, 6) is 2.47. The number of thioether (sulfide) groups is 1. The Kier molecular flexibility index (Phi) is 7.65. The van der Waals surface area contributed by atoms with Crippen molar-refractivity contribution >= 4 is 23.6 Å². The van der Waals surface area contributed by atoms with Crippen LogP contribution in [-0.4, -0.2) is 60.2 Å². The SMILES string of the molecule is CCOc1ccc(SCC(=O)N2CCC(C(=O)N3CCCC(C)C3)CC2)cc1. The van der Waals surface area contributed by atoms with Gasteiger partial charge in [-0.2, -0.15) is 0 Å². The third kappa shape index (κ3) is 5.66. The molecule has 2 aliphatic rings. The van der Waals surface area contributed by atoms with E-state index in [-0.39, 0.29) is 11.8 Å². The van der Waals surface area contributed by atoms with Crippen molar-refractivity contribution in [1.82, 2.24) is 9.80 Å². The van der Waals surface area contributed by atoms with Gasteiger partial charge in [-0.1, -0.05) is 6.92 Å². The summed E-state index contributed by atoms with van der Waals surface area (Å²) in [4.78, 5) is 30.4. The maximum absolute atomic E-state index is 12.8. The van der Waals surface area contributed by atoms with Gasteiger partial charge in [0.2, 0.25) is 11.8 Å². The summed E-state index contributed by atoms with van der Waals surface area (Å²) in [6.45, 7) is 8.04. The van der Waals surface area contributed by atoms with E-state index in [1.54, 1.807) is 11.8 Å². The predicted molar refractivity (Wildman–Crippen MR) is 113 cm³/mol. The molecule has 1 atom stereocenters. The molecule has 0 radical (unpaired) electrons. The molecule has 0 bridgehead atoms. The van der Waals surface area contributed by atoms with E-state index in [9.17, 15) is 9.59 Å². The summed E-state index contributed by atoms with van der Waals surface area (Å²) in [7, 11) is 0. The predicted octanol–water partition coefficient (Wildman–Crippen LogP) is 3.67. The number of carbonyl (C=O) groups excluding carboxylic acids is 2. The van der Waals surface area contributed by atoms with Crippen LogP contribution in [0.3, 0.4) is 0 Å². The fraction of sp³-hybridized carbons (Fsp3) is 0.636. The Morgan fingerprint density at radius 3 is 2.43 bits per heavy atom. The number of rotatable bonds is 6. The van der Waals surface area contributed by atoms with E-state index >= 15 is 0 Å². The van der Waals surface area contributed by atoms with E-state index in [1.807, 2.05) is 36.1 Å². The summed E-state index contributed by atoms with van der Waals surface area (Å²) in [6, 6.07) is 7.87. The van der Waals surface area contributed by atoms with Gasteiger partial charge in [0, 0.05) is 37.0 Å². The number of piperidine rings is 2. The standard InChI is InChI=1S/C22H32N2O3S/c1-3-27-19-6-8-20(9-7-19)28-16-21(25)23-13-10-18(11-14-23)22(26)24-12-4-5-17(2)15-24/h6-9,17-18H,3-5,10-16H2,1-2H3. The zero-order valence-electron chi connectivity index (χ0n) is 17.1.